The summed E-state index contributed by atoms with van der Waals surface area (Å²) in [6.45, 7) is 2.68. The van der Waals surface area contributed by atoms with Gasteiger partial charge in [-0.05, 0) is 30.7 Å². The van der Waals surface area contributed by atoms with Gasteiger partial charge in [0, 0.05) is 24.8 Å². The van der Waals surface area contributed by atoms with E-state index in [1.54, 1.807) is 7.11 Å². The molecular weight excluding hydrogens is 288 g/mol. The molecule has 0 aromatic heterocycles. The molecule has 1 fully saturated rings. The molecule has 1 aliphatic heterocycles. The van der Waals surface area contributed by atoms with Gasteiger partial charge >= 0.3 is 0 Å². The van der Waals surface area contributed by atoms with Crippen LogP contribution in [0, 0.1) is 5.92 Å². The van der Waals surface area contributed by atoms with Crippen LogP contribution in [0.2, 0.25) is 0 Å². The van der Waals surface area contributed by atoms with Crippen molar-refractivity contribution in [3.05, 3.63) is 60.2 Å². The average molecular weight is 310 g/mol. The highest BCUT2D eigenvalue weighted by atomic mass is 16.5. The predicted molar refractivity (Wildman–Crippen MR) is 91.4 cm³/mol. The molecule has 1 N–H and O–H groups in total. The van der Waals surface area contributed by atoms with Gasteiger partial charge < -0.3 is 10.1 Å². The van der Waals surface area contributed by atoms with Crippen LogP contribution < -0.4 is 10.1 Å². The number of nitrogens with zero attached hydrogens (tertiary/aromatic N) is 1. The molecule has 2 aromatic carbocycles. The number of anilines is 1. The van der Waals surface area contributed by atoms with Gasteiger partial charge in [0.05, 0.1) is 13.0 Å². The maximum Gasteiger partial charge on any atom is 0.228 e. The summed E-state index contributed by atoms with van der Waals surface area (Å²) in [6, 6.07) is 17.9. The van der Waals surface area contributed by atoms with Gasteiger partial charge in [0.15, 0.2) is 0 Å². The monoisotopic (exact) mass is 310 g/mol. The summed E-state index contributed by atoms with van der Waals surface area (Å²) in [6.07, 6.45) is 0.905. The molecule has 0 bridgehead atoms. The van der Waals surface area contributed by atoms with Crippen molar-refractivity contribution < 1.29 is 9.53 Å². The van der Waals surface area contributed by atoms with Crippen LogP contribution in [-0.4, -0.2) is 31.0 Å². The number of ether oxygens (including phenoxy) is 1. The van der Waals surface area contributed by atoms with Crippen LogP contribution in [0.3, 0.4) is 0 Å². The van der Waals surface area contributed by atoms with Crippen molar-refractivity contribution in [3.63, 3.8) is 0 Å². The molecule has 2 aromatic rings. The Bertz CT molecular complexity index is 657. The number of amides is 1. The Kier molecular flexibility index (Phi) is 4.93. The number of hydrogen-bond donors (Lipinski definition) is 1. The smallest absolute Gasteiger partial charge is 0.228 e. The number of rotatable bonds is 5. The van der Waals surface area contributed by atoms with Crippen molar-refractivity contribution in [2.45, 2.75) is 13.0 Å². The van der Waals surface area contributed by atoms with E-state index in [1.807, 2.05) is 30.3 Å². The summed E-state index contributed by atoms with van der Waals surface area (Å²) in [5.41, 5.74) is 2.08. The zero-order chi connectivity index (χ0) is 16.1. The Morgan fingerprint density at radius 2 is 2.04 bits per heavy atom. The predicted octanol–water partition coefficient (Wildman–Crippen LogP) is 3.16. The summed E-state index contributed by atoms with van der Waals surface area (Å²) in [5, 5.41) is 3.00. The lowest BCUT2D eigenvalue weighted by Gasteiger charge is -2.16. The SMILES string of the molecule is COc1cccc(NC(=O)C2CCN(Cc3ccccc3)C2)c1. The van der Waals surface area contributed by atoms with Crippen molar-refractivity contribution in [1.29, 1.82) is 0 Å². The van der Waals surface area contributed by atoms with Crippen LogP contribution in [0.4, 0.5) is 5.69 Å². The lowest BCUT2D eigenvalue weighted by Crippen LogP contribution is -2.26. The van der Waals surface area contributed by atoms with E-state index in [1.165, 1.54) is 5.56 Å². The second-order valence-electron chi connectivity index (χ2n) is 5.93. The van der Waals surface area contributed by atoms with Crippen LogP contribution in [0.15, 0.2) is 54.6 Å². The van der Waals surface area contributed by atoms with Crippen LogP contribution in [0.5, 0.6) is 5.75 Å². The van der Waals surface area contributed by atoms with E-state index in [9.17, 15) is 4.79 Å². The number of carbonyl (C=O) groups is 1. The maximum absolute atomic E-state index is 12.4. The number of likely N-dealkylation sites (tertiary alicyclic amines) is 1. The highest BCUT2D eigenvalue weighted by molar-refractivity contribution is 5.93. The standard InChI is InChI=1S/C19H22N2O2/c1-23-18-9-5-8-17(12-18)20-19(22)16-10-11-21(14-16)13-15-6-3-2-4-7-15/h2-9,12,16H,10-11,13-14H2,1H3,(H,20,22). The van der Waals surface area contributed by atoms with E-state index in [0.29, 0.717) is 0 Å². The van der Waals surface area contributed by atoms with Crippen molar-refractivity contribution in [2.24, 2.45) is 5.92 Å². The van der Waals surface area contributed by atoms with Crippen LogP contribution >= 0.6 is 0 Å². The summed E-state index contributed by atoms with van der Waals surface area (Å²) < 4.78 is 5.19. The Balaban J connectivity index is 1.55. The first-order valence-electron chi connectivity index (χ1n) is 7.96. The minimum Gasteiger partial charge on any atom is -0.497 e. The molecular formula is C19H22N2O2. The minimum atomic E-state index is 0.0462. The van der Waals surface area contributed by atoms with Gasteiger partial charge in [-0.15, -0.1) is 0 Å². The molecule has 4 nitrogen and oxygen atoms in total. The summed E-state index contributed by atoms with van der Waals surface area (Å²) in [7, 11) is 1.62. The van der Waals surface area contributed by atoms with Crippen LogP contribution in [0.25, 0.3) is 0 Å². The van der Waals surface area contributed by atoms with Gasteiger partial charge in [0.1, 0.15) is 5.75 Å². The quantitative estimate of drug-likeness (QED) is 0.922. The first-order chi connectivity index (χ1) is 11.2. The van der Waals surface area contributed by atoms with Gasteiger partial charge in [-0.25, -0.2) is 0 Å². The molecule has 1 amide bonds. The lowest BCUT2D eigenvalue weighted by molar-refractivity contribution is -0.119. The Morgan fingerprint density at radius 3 is 2.83 bits per heavy atom. The minimum absolute atomic E-state index is 0.0462. The third-order valence-electron chi connectivity index (χ3n) is 4.23. The van der Waals surface area contributed by atoms with Crippen molar-refractivity contribution in [1.82, 2.24) is 4.90 Å². The van der Waals surface area contributed by atoms with Gasteiger partial charge in [-0.1, -0.05) is 36.4 Å². The normalized spacial score (nSPS) is 17.9. The molecule has 1 unspecified atom stereocenters. The Labute approximate surface area is 137 Å². The molecule has 1 aliphatic rings. The molecule has 4 heteroatoms. The van der Waals surface area contributed by atoms with Crippen molar-refractivity contribution in [3.8, 4) is 5.75 Å². The Hall–Kier alpha value is -2.33. The summed E-state index contributed by atoms with van der Waals surface area (Å²) in [4.78, 5) is 14.8. The van der Waals surface area contributed by atoms with Gasteiger partial charge in [0.2, 0.25) is 5.91 Å². The topological polar surface area (TPSA) is 41.6 Å². The molecule has 23 heavy (non-hydrogen) atoms. The van der Waals surface area contributed by atoms with Crippen molar-refractivity contribution in [2.75, 3.05) is 25.5 Å². The van der Waals surface area contributed by atoms with Gasteiger partial charge in [-0.3, -0.25) is 9.69 Å². The van der Waals surface area contributed by atoms with E-state index >= 15 is 0 Å². The molecule has 3 rings (SSSR count). The first kappa shape index (κ1) is 15.6. The third kappa shape index (κ3) is 4.11. The van der Waals surface area contributed by atoms with E-state index in [2.05, 4.69) is 34.5 Å². The van der Waals surface area contributed by atoms with Gasteiger partial charge in [-0.2, -0.15) is 0 Å². The highest BCUT2D eigenvalue weighted by Crippen LogP contribution is 2.22. The fraction of sp³-hybridized carbons (Fsp3) is 0.316. The van der Waals surface area contributed by atoms with E-state index < -0.39 is 0 Å². The zero-order valence-electron chi connectivity index (χ0n) is 13.4. The molecule has 1 atom stereocenters. The number of hydrogen-bond acceptors (Lipinski definition) is 3. The number of nitrogens with one attached hydrogen (secondary N) is 1. The third-order valence-corrected chi connectivity index (χ3v) is 4.23. The zero-order valence-corrected chi connectivity index (χ0v) is 13.4. The second kappa shape index (κ2) is 7.29. The highest BCUT2D eigenvalue weighted by Gasteiger charge is 2.28. The fourth-order valence-electron chi connectivity index (χ4n) is 2.98. The Morgan fingerprint density at radius 1 is 1.22 bits per heavy atom. The van der Waals surface area contributed by atoms with E-state index in [-0.39, 0.29) is 11.8 Å². The molecule has 0 radical (unpaired) electrons. The van der Waals surface area contributed by atoms with E-state index in [4.69, 9.17) is 4.74 Å². The largest absolute Gasteiger partial charge is 0.497 e. The summed E-state index contributed by atoms with van der Waals surface area (Å²) in [5.74, 6) is 0.888. The van der Waals surface area contributed by atoms with E-state index in [0.717, 1.165) is 37.5 Å². The second-order valence-corrected chi connectivity index (χ2v) is 5.93. The fourth-order valence-corrected chi connectivity index (χ4v) is 2.98. The number of carbonyl (C=O) groups excluding carboxylic acids is 1. The van der Waals surface area contributed by atoms with Gasteiger partial charge in [0.25, 0.3) is 0 Å². The molecule has 0 saturated carbocycles. The number of benzene rings is 2. The van der Waals surface area contributed by atoms with Crippen LogP contribution in [0.1, 0.15) is 12.0 Å². The maximum atomic E-state index is 12.4. The first-order valence-corrected chi connectivity index (χ1v) is 7.96. The molecule has 1 heterocycles. The average Bonchev–Trinajstić information content (AvgIpc) is 3.04. The summed E-state index contributed by atoms with van der Waals surface area (Å²) >= 11 is 0. The van der Waals surface area contributed by atoms with Crippen LogP contribution in [-0.2, 0) is 11.3 Å². The lowest BCUT2D eigenvalue weighted by atomic mass is 10.1. The molecule has 0 aliphatic carbocycles. The molecule has 0 spiro atoms. The molecule has 120 valence electrons. The molecule has 1 saturated heterocycles. The number of methoxy groups -OCH3 is 1. The van der Waals surface area contributed by atoms with Crippen molar-refractivity contribution >= 4 is 11.6 Å².